The molecule has 2 aromatic carbocycles. The smallest absolute Gasteiger partial charge is 0.0977 e. The molecule has 1 nitrogen and oxygen atoms in total. The van der Waals surface area contributed by atoms with Crippen LogP contribution in [-0.2, 0) is 0 Å². The maximum Gasteiger partial charge on any atom is 0.0977 e. The molecule has 0 aliphatic rings. The fourth-order valence-corrected chi connectivity index (χ4v) is 1.79. The molecule has 86 valence electrons. The molecule has 0 radical (unpaired) electrons. The molecule has 1 N–H and O–H groups in total. The molecule has 1 unspecified atom stereocenters. The summed E-state index contributed by atoms with van der Waals surface area (Å²) in [6, 6.07) is 17.9. The van der Waals surface area contributed by atoms with Crippen LogP contribution >= 0.6 is 0 Å². The molecule has 1 heteroatoms. The second-order valence-electron chi connectivity index (χ2n) is 4.07. The van der Waals surface area contributed by atoms with Crippen molar-refractivity contribution in [3.8, 4) is 0 Å². The average molecular weight is 224 g/mol. The molecule has 0 bridgehead atoms. The maximum absolute atomic E-state index is 10.1. The lowest BCUT2D eigenvalue weighted by Crippen LogP contribution is -1.95. The summed E-state index contributed by atoms with van der Waals surface area (Å²) in [4.78, 5) is 0. The summed E-state index contributed by atoms with van der Waals surface area (Å²) in [6.07, 6.45) is 3.21. The summed E-state index contributed by atoms with van der Waals surface area (Å²) in [6.45, 7) is 2.01. The largest absolute Gasteiger partial charge is 0.384 e. The van der Waals surface area contributed by atoms with Crippen LogP contribution in [0.2, 0.25) is 0 Å². The van der Waals surface area contributed by atoms with E-state index >= 15 is 0 Å². The molecular formula is C16H16O. The minimum atomic E-state index is -0.545. The molecule has 0 fully saturated rings. The van der Waals surface area contributed by atoms with E-state index in [1.165, 1.54) is 0 Å². The van der Waals surface area contributed by atoms with Crippen molar-refractivity contribution in [1.29, 1.82) is 0 Å². The standard InChI is InChI=1S/C16H16O/c1-13-7-5-6-10-15(13)16(17)12-11-14-8-3-2-4-9-14/h2-12,16-17H,1H3/b12-11-. The Hall–Kier alpha value is -1.86. The van der Waals surface area contributed by atoms with Crippen LogP contribution in [0.5, 0.6) is 0 Å². The molecule has 0 aliphatic carbocycles. The number of aryl methyl sites for hydroxylation is 1. The molecule has 0 saturated carbocycles. The van der Waals surface area contributed by atoms with E-state index in [9.17, 15) is 5.11 Å². The van der Waals surface area contributed by atoms with E-state index in [1.807, 2.05) is 73.7 Å². The van der Waals surface area contributed by atoms with Crippen LogP contribution < -0.4 is 0 Å². The van der Waals surface area contributed by atoms with Gasteiger partial charge in [-0.2, -0.15) is 0 Å². The van der Waals surface area contributed by atoms with Crippen LogP contribution in [0.25, 0.3) is 6.08 Å². The van der Waals surface area contributed by atoms with Crippen LogP contribution in [0.15, 0.2) is 60.7 Å². The number of aliphatic hydroxyl groups is 1. The number of benzene rings is 2. The maximum atomic E-state index is 10.1. The zero-order valence-corrected chi connectivity index (χ0v) is 9.88. The second-order valence-corrected chi connectivity index (χ2v) is 4.07. The van der Waals surface area contributed by atoms with E-state index in [0.717, 1.165) is 16.7 Å². The zero-order valence-electron chi connectivity index (χ0n) is 9.88. The highest BCUT2D eigenvalue weighted by atomic mass is 16.3. The van der Waals surface area contributed by atoms with Gasteiger partial charge in [0, 0.05) is 0 Å². The van der Waals surface area contributed by atoms with Crippen LogP contribution in [0, 0.1) is 6.92 Å². The fourth-order valence-electron chi connectivity index (χ4n) is 1.79. The normalized spacial score (nSPS) is 12.8. The highest BCUT2D eigenvalue weighted by Gasteiger charge is 2.05. The predicted molar refractivity (Wildman–Crippen MR) is 71.6 cm³/mol. The molecule has 0 aromatic heterocycles. The lowest BCUT2D eigenvalue weighted by Gasteiger charge is -2.09. The van der Waals surface area contributed by atoms with Gasteiger partial charge >= 0.3 is 0 Å². The minimum Gasteiger partial charge on any atom is -0.384 e. The van der Waals surface area contributed by atoms with Crippen LogP contribution in [-0.4, -0.2) is 5.11 Å². The topological polar surface area (TPSA) is 20.2 Å². The first-order valence-corrected chi connectivity index (χ1v) is 5.74. The summed E-state index contributed by atoms with van der Waals surface area (Å²) in [7, 11) is 0. The molecule has 0 spiro atoms. The molecule has 17 heavy (non-hydrogen) atoms. The highest BCUT2D eigenvalue weighted by molar-refractivity contribution is 5.50. The quantitative estimate of drug-likeness (QED) is 0.842. The summed E-state index contributed by atoms with van der Waals surface area (Å²) in [5, 5.41) is 10.1. The van der Waals surface area contributed by atoms with E-state index < -0.39 is 6.10 Å². The lowest BCUT2D eigenvalue weighted by molar-refractivity contribution is 0.229. The Morgan fingerprint density at radius 1 is 0.941 bits per heavy atom. The summed E-state index contributed by atoms with van der Waals surface area (Å²) in [5.41, 5.74) is 3.16. The average Bonchev–Trinajstić information content (AvgIpc) is 2.38. The van der Waals surface area contributed by atoms with Gasteiger partial charge < -0.3 is 5.11 Å². The first-order valence-electron chi connectivity index (χ1n) is 5.74. The van der Waals surface area contributed by atoms with E-state index in [-0.39, 0.29) is 0 Å². The van der Waals surface area contributed by atoms with E-state index in [2.05, 4.69) is 0 Å². The van der Waals surface area contributed by atoms with Gasteiger partial charge in [0.15, 0.2) is 0 Å². The van der Waals surface area contributed by atoms with Gasteiger partial charge in [-0.1, -0.05) is 66.7 Å². The molecular weight excluding hydrogens is 208 g/mol. The highest BCUT2D eigenvalue weighted by Crippen LogP contribution is 2.19. The molecule has 0 amide bonds. The number of aliphatic hydroxyl groups excluding tert-OH is 1. The number of hydrogen-bond donors (Lipinski definition) is 1. The molecule has 1 atom stereocenters. The monoisotopic (exact) mass is 224 g/mol. The van der Waals surface area contributed by atoms with Crippen molar-refractivity contribution in [2.45, 2.75) is 13.0 Å². The molecule has 0 saturated heterocycles. The van der Waals surface area contributed by atoms with Gasteiger partial charge in [-0.05, 0) is 23.6 Å². The van der Waals surface area contributed by atoms with Gasteiger partial charge in [-0.25, -0.2) is 0 Å². The van der Waals surface area contributed by atoms with Crippen molar-refractivity contribution >= 4 is 6.08 Å². The van der Waals surface area contributed by atoms with Gasteiger partial charge in [0.05, 0.1) is 6.10 Å². The van der Waals surface area contributed by atoms with Gasteiger partial charge in [0.25, 0.3) is 0 Å². The predicted octanol–water partition coefficient (Wildman–Crippen LogP) is 3.74. The summed E-state index contributed by atoms with van der Waals surface area (Å²) in [5.74, 6) is 0. The number of hydrogen-bond acceptors (Lipinski definition) is 1. The van der Waals surface area contributed by atoms with Gasteiger partial charge in [-0.3, -0.25) is 0 Å². The van der Waals surface area contributed by atoms with Crippen molar-refractivity contribution in [3.05, 3.63) is 77.4 Å². The Bertz CT molecular complexity index is 500. The summed E-state index contributed by atoms with van der Waals surface area (Å²) < 4.78 is 0. The van der Waals surface area contributed by atoms with Crippen molar-refractivity contribution < 1.29 is 5.11 Å². The zero-order chi connectivity index (χ0) is 12.1. The van der Waals surface area contributed by atoms with Crippen molar-refractivity contribution in [1.82, 2.24) is 0 Å². The van der Waals surface area contributed by atoms with Crippen molar-refractivity contribution in [2.24, 2.45) is 0 Å². The molecule has 0 aliphatic heterocycles. The second kappa shape index (κ2) is 5.46. The summed E-state index contributed by atoms with van der Waals surface area (Å²) >= 11 is 0. The number of rotatable bonds is 3. The van der Waals surface area contributed by atoms with Crippen LogP contribution in [0.1, 0.15) is 22.8 Å². The van der Waals surface area contributed by atoms with Crippen LogP contribution in [0.4, 0.5) is 0 Å². The Labute approximate surface area is 102 Å². The molecule has 2 rings (SSSR count). The Morgan fingerprint density at radius 3 is 2.29 bits per heavy atom. The van der Waals surface area contributed by atoms with Gasteiger partial charge in [0.2, 0.25) is 0 Å². The van der Waals surface area contributed by atoms with Crippen molar-refractivity contribution in [2.75, 3.05) is 0 Å². The molecule has 0 heterocycles. The lowest BCUT2D eigenvalue weighted by atomic mass is 10.0. The third-order valence-corrected chi connectivity index (χ3v) is 2.78. The Balaban J connectivity index is 2.15. The van der Waals surface area contributed by atoms with E-state index in [1.54, 1.807) is 0 Å². The SMILES string of the molecule is Cc1ccccc1C(O)/C=C\c1ccccc1. The minimum absolute atomic E-state index is 0.545. The Morgan fingerprint density at radius 2 is 1.59 bits per heavy atom. The Kier molecular flexibility index (Phi) is 3.73. The fraction of sp³-hybridized carbons (Fsp3) is 0.125. The molecule has 2 aromatic rings. The third kappa shape index (κ3) is 3.05. The third-order valence-electron chi connectivity index (χ3n) is 2.78. The first kappa shape index (κ1) is 11.6. The van der Waals surface area contributed by atoms with Crippen LogP contribution in [0.3, 0.4) is 0 Å². The van der Waals surface area contributed by atoms with Gasteiger partial charge in [0.1, 0.15) is 0 Å². The van der Waals surface area contributed by atoms with Crippen molar-refractivity contribution in [3.63, 3.8) is 0 Å². The van der Waals surface area contributed by atoms with Gasteiger partial charge in [-0.15, -0.1) is 0 Å². The van der Waals surface area contributed by atoms with E-state index in [0.29, 0.717) is 0 Å². The van der Waals surface area contributed by atoms with E-state index in [4.69, 9.17) is 0 Å². The first-order chi connectivity index (χ1) is 8.27.